The van der Waals surface area contributed by atoms with Crippen molar-refractivity contribution in [1.82, 2.24) is 4.72 Å². The third kappa shape index (κ3) is 4.70. The molecule has 15 heavy (non-hydrogen) atoms. The quantitative estimate of drug-likeness (QED) is 0.674. The summed E-state index contributed by atoms with van der Waals surface area (Å²) in [5.41, 5.74) is 0.182. The molecule has 0 amide bonds. The summed E-state index contributed by atoms with van der Waals surface area (Å²) in [4.78, 5) is 0. The molecule has 1 rings (SSSR count). The molecule has 0 aliphatic heterocycles. The van der Waals surface area contributed by atoms with Crippen LogP contribution in [0, 0.1) is 5.41 Å². The van der Waals surface area contributed by atoms with Crippen molar-refractivity contribution < 1.29 is 8.42 Å². The predicted molar refractivity (Wildman–Crippen MR) is 63.7 cm³/mol. The molecule has 3 nitrogen and oxygen atoms in total. The molecule has 0 radical (unpaired) electrons. The van der Waals surface area contributed by atoms with Gasteiger partial charge in [-0.3, -0.25) is 0 Å². The zero-order valence-corrected chi connectivity index (χ0v) is 10.8. The fourth-order valence-electron chi connectivity index (χ4n) is 1.56. The first-order valence-corrected chi connectivity index (χ1v) is 7.76. The van der Waals surface area contributed by atoms with Crippen molar-refractivity contribution in [3.8, 4) is 0 Å². The smallest absolute Gasteiger partial charge is 0.211 e. The van der Waals surface area contributed by atoms with Crippen LogP contribution in [0.4, 0.5) is 0 Å². The van der Waals surface area contributed by atoms with Gasteiger partial charge in [-0.2, -0.15) is 0 Å². The first-order valence-electron chi connectivity index (χ1n) is 5.57. The van der Waals surface area contributed by atoms with Crippen LogP contribution in [-0.2, 0) is 10.0 Å². The van der Waals surface area contributed by atoms with Gasteiger partial charge >= 0.3 is 0 Å². The molecule has 0 atom stereocenters. The Morgan fingerprint density at radius 3 is 2.53 bits per heavy atom. The topological polar surface area (TPSA) is 46.2 Å². The van der Waals surface area contributed by atoms with E-state index in [1.165, 1.54) is 0 Å². The molecule has 1 saturated carbocycles. The lowest BCUT2D eigenvalue weighted by atomic mass is 10.1. The number of halogens is 1. The fourth-order valence-corrected chi connectivity index (χ4v) is 3.30. The number of unbranched alkanes of at least 4 members (excludes halogenated alkanes) is 1. The Labute approximate surface area is 97.6 Å². The number of alkyl halides is 1. The molecule has 0 spiro atoms. The van der Waals surface area contributed by atoms with Gasteiger partial charge in [-0.1, -0.05) is 13.3 Å². The summed E-state index contributed by atoms with van der Waals surface area (Å²) >= 11 is 5.68. The highest BCUT2D eigenvalue weighted by Crippen LogP contribution is 2.48. The van der Waals surface area contributed by atoms with Crippen molar-refractivity contribution >= 4 is 21.6 Å². The van der Waals surface area contributed by atoms with Gasteiger partial charge in [0.2, 0.25) is 10.0 Å². The standard InChI is InChI=1S/C10H20ClNO2S/c1-2-3-8-15(13,14)12-9-10(4-5-10)6-7-11/h12H,2-9H2,1H3. The molecule has 0 saturated heterocycles. The molecule has 1 aliphatic carbocycles. The van der Waals surface area contributed by atoms with E-state index in [0.29, 0.717) is 12.4 Å². The molecule has 0 bridgehead atoms. The molecule has 0 aromatic carbocycles. The lowest BCUT2D eigenvalue weighted by Gasteiger charge is -2.14. The van der Waals surface area contributed by atoms with Crippen molar-refractivity contribution in [3.05, 3.63) is 0 Å². The number of rotatable bonds is 8. The van der Waals surface area contributed by atoms with Crippen LogP contribution in [0.5, 0.6) is 0 Å². The van der Waals surface area contributed by atoms with Crippen LogP contribution in [0.2, 0.25) is 0 Å². The van der Waals surface area contributed by atoms with Gasteiger partial charge in [0.15, 0.2) is 0 Å². The second kappa shape index (κ2) is 5.51. The minimum Gasteiger partial charge on any atom is -0.215 e. The highest BCUT2D eigenvalue weighted by Gasteiger charge is 2.42. The van der Waals surface area contributed by atoms with Crippen LogP contribution in [0.25, 0.3) is 0 Å². The van der Waals surface area contributed by atoms with E-state index in [-0.39, 0.29) is 11.2 Å². The number of hydrogen-bond donors (Lipinski definition) is 1. The Morgan fingerprint density at radius 2 is 2.07 bits per heavy atom. The van der Waals surface area contributed by atoms with Crippen LogP contribution >= 0.6 is 11.6 Å². The van der Waals surface area contributed by atoms with E-state index >= 15 is 0 Å². The van der Waals surface area contributed by atoms with Gasteiger partial charge in [0, 0.05) is 12.4 Å². The Morgan fingerprint density at radius 1 is 1.40 bits per heavy atom. The predicted octanol–water partition coefficient (Wildman–Crippen LogP) is 2.12. The molecule has 5 heteroatoms. The van der Waals surface area contributed by atoms with E-state index in [9.17, 15) is 8.42 Å². The molecule has 1 fully saturated rings. The van der Waals surface area contributed by atoms with Crippen LogP contribution in [-0.4, -0.2) is 26.6 Å². The second-order valence-electron chi connectivity index (χ2n) is 4.43. The Bertz CT molecular complexity index is 286. The fraction of sp³-hybridized carbons (Fsp3) is 1.00. The highest BCUT2D eigenvalue weighted by molar-refractivity contribution is 7.89. The molecule has 0 aromatic heterocycles. The molecule has 1 N–H and O–H groups in total. The lowest BCUT2D eigenvalue weighted by Crippen LogP contribution is -2.32. The molecule has 0 aromatic rings. The summed E-state index contributed by atoms with van der Waals surface area (Å²) in [5.74, 6) is 0.872. The van der Waals surface area contributed by atoms with E-state index in [4.69, 9.17) is 11.6 Å². The van der Waals surface area contributed by atoms with E-state index in [1.807, 2.05) is 6.92 Å². The summed E-state index contributed by atoms with van der Waals surface area (Å²) in [7, 11) is -3.05. The summed E-state index contributed by atoms with van der Waals surface area (Å²) in [5, 5.41) is 0. The number of nitrogens with one attached hydrogen (secondary N) is 1. The summed E-state index contributed by atoms with van der Waals surface area (Å²) in [6, 6.07) is 0. The van der Waals surface area contributed by atoms with Crippen LogP contribution in [0.3, 0.4) is 0 Å². The summed E-state index contributed by atoms with van der Waals surface area (Å²) < 4.78 is 25.7. The lowest BCUT2D eigenvalue weighted by molar-refractivity contribution is 0.477. The molecular formula is C10H20ClNO2S. The molecule has 0 heterocycles. The highest BCUT2D eigenvalue weighted by atomic mass is 35.5. The van der Waals surface area contributed by atoms with Crippen molar-refractivity contribution in [2.24, 2.45) is 5.41 Å². The maximum absolute atomic E-state index is 11.5. The van der Waals surface area contributed by atoms with E-state index in [0.717, 1.165) is 32.1 Å². The van der Waals surface area contributed by atoms with Crippen LogP contribution in [0.15, 0.2) is 0 Å². The van der Waals surface area contributed by atoms with E-state index < -0.39 is 10.0 Å². The van der Waals surface area contributed by atoms with Crippen molar-refractivity contribution in [3.63, 3.8) is 0 Å². The summed E-state index contributed by atoms with van der Waals surface area (Å²) in [6.45, 7) is 2.57. The van der Waals surface area contributed by atoms with Gasteiger partial charge in [0.05, 0.1) is 5.75 Å². The normalized spacial score (nSPS) is 19.1. The first-order chi connectivity index (χ1) is 7.04. The molecular weight excluding hydrogens is 234 g/mol. The second-order valence-corrected chi connectivity index (χ2v) is 6.74. The molecule has 90 valence electrons. The molecule has 1 aliphatic rings. The maximum Gasteiger partial charge on any atom is 0.211 e. The minimum absolute atomic E-state index is 0.182. The Hall–Kier alpha value is 0.200. The minimum atomic E-state index is -3.05. The van der Waals surface area contributed by atoms with Crippen molar-refractivity contribution in [1.29, 1.82) is 0 Å². The Kier molecular flexibility index (Phi) is 4.87. The number of hydrogen-bond acceptors (Lipinski definition) is 2. The first kappa shape index (κ1) is 13.3. The third-order valence-electron chi connectivity index (χ3n) is 3.02. The van der Waals surface area contributed by atoms with Gasteiger partial charge < -0.3 is 0 Å². The monoisotopic (exact) mass is 253 g/mol. The van der Waals surface area contributed by atoms with E-state index in [1.54, 1.807) is 0 Å². The van der Waals surface area contributed by atoms with Crippen LogP contribution < -0.4 is 4.72 Å². The summed E-state index contributed by atoms with van der Waals surface area (Å²) in [6.07, 6.45) is 4.78. The zero-order chi connectivity index (χ0) is 11.4. The average Bonchev–Trinajstić information content (AvgIpc) is 2.94. The van der Waals surface area contributed by atoms with Crippen molar-refractivity contribution in [2.75, 3.05) is 18.2 Å². The van der Waals surface area contributed by atoms with Gasteiger partial charge in [-0.15, -0.1) is 11.6 Å². The largest absolute Gasteiger partial charge is 0.215 e. The third-order valence-corrected chi connectivity index (χ3v) is 4.61. The van der Waals surface area contributed by atoms with Gasteiger partial charge in [-0.25, -0.2) is 13.1 Å². The SMILES string of the molecule is CCCCS(=O)(=O)NCC1(CCCl)CC1. The average molecular weight is 254 g/mol. The van der Waals surface area contributed by atoms with Gasteiger partial charge in [0.25, 0.3) is 0 Å². The molecule has 0 unspecified atom stereocenters. The van der Waals surface area contributed by atoms with Crippen LogP contribution in [0.1, 0.15) is 39.0 Å². The maximum atomic E-state index is 11.5. The zero-order valence-electron chi connectivity index (χ0n) is 9.26. The van der Waals surface area contributed by atoms with Gasteiger partial charge in [-0.05, 0) is 31.1 Å². The number of sulfonamides is 1. The van der Waals surface area contributed by atoms with Crippen molar-refractivity contribution in [2.45, 2.75) is 39.0 Å². The van der Waals surface area contributed by atoms with E-state index in [2.05, 4.69) is 4.72 Å². The Balaban J connectivity index is 2.30. The van der Waals surface area contributed by atoms with Gasteiger partial charge in [0.1, 0.15) is 0 Å².